The third kappa shape index (κ3) is 5.11. The Bertz CT molecular complexity index is 191. The van der Waals surface area contributed by atoms with Crippen LogP contribution in [-0.2, 0) is 9.53 Å². The Morgan fingerprint density at radius 1 is 1.27 bits per heavy atom. The van der Waals surface area contributed by atoms with E-state index in [0.29, 0.717) is 6.54 Å². The lowest BCUT2D eigenvalue weighted by atomic mass is 10.3. The standard InChI is InChI=1S/C10H21N3O2/c1-15-8-2-3-12-4-6-13(7-5-12)9-10(11)14/h2-9H2,1H3,(H2,11,14). The van der Waals surface area contributed by atoms with Gasteiger partial charge in [0.1, 0.15) is 0 Å². The highest BCUT2D eigenvalue weighted by Crippen LogP contribution is 2.01. The van der Waals surface area contributed by atoms with E-state index in [2.05, 4.69) is 9.80 Å². The van der Waals surface area contributed by atoms with Crippen LogP contribution in [0.1, 0.15) is 6.42 Å². The van der Waals surface area contributed by atoms with E-state index < -0.39 is 0 Å². The molecule has 0 radical (unpaired) electrons. The molecule has 0 bridgehead atoms. The number of hydrogen-bond donors (Lipinski definition) is 1. The summed E-state index contributed by atoms with van der Waals surface area (Å²) < 4.78 is 5.01. The number of piperazine rings is 1. The van der Waals surface area contributed by atoms with Crippen LogP contribution in [0.3, 0.4) is 0 Å². The number of carbonyl (C=O) groups is 1. The second kappa shape index (κ2) is 6.76. The van der Waals surface area contributed by atoms with Crippen LogP contribution in [0.15, 0.2) is 0 Å². The van der Waals surface area contributed by atoms with Crippen molar-refractivity contribution in [1.82, 2.24) is 9.80 Å². The Morgan fingerprint density at radius 3 is 2.40 bits per heavy atom. The van der Waals surface area contributed by atoms with Crippen LogP contribution in [-0.4, -0.2) is 68.7 Å². The molecule has 15 heavy (non-hydrogen) atoms. The van der Waals surface area contributed by atoms with Crippen LogP contribution in [0, 0.1) is 0 Å². The van der Waals surface area contributed by atoms with Crippen LogP contribution >= 0.6 is 0 Å². The predicted molar refractivity (Wildman–Crippen MR) is 58.6 cm³/mol. The zero-order chi connectivity index (χ0) is 11.1. The lowest BCUT2D eigenvalue weighted by Gasteiger charge is -2.33. The molecule has 2 N–H and O–H groups in total. The topological polar surface area (TPSA) is 58.8 Å². The van der Waals surface area contributed by atoms with E-state index in [9.17, 15) is 4.79 Å². The molecule has 0 aliphatic carbocycles. The third-order valence-electron chi connectivity index (χ3n) is 2.67. The molecule has 0 aromatic rings. The normalized spacial score (nSPS) is 19.3. The van der Waals surface area contributed by atoms with Gasteiger partial charge in [0.2, 0.25) is 5.91 Å². The first-order valence-electron chi connectivity index (χ1n) is 5.44. The summed E-state index contributed by atoms with van der Waals surface area (Å²) in [7, 11) is 1.73. The quantitative estimate of drug-likeness (QED) is 0.585. The number of hydrogen-bond acceptors (Lipinski definition) is 4. The molecule has 1 aliphatic heterocycles. The number of primary amides is 1. The zero-order valence-corrected chi connectivity index (χ0v) is 9.45. The van der Waals surface area contributed by atoms with Crippen molar-refractivity contribution >= 4 is 5.91 Å². The van der Waals surface area contributed by atoms with Crippen LogP contribution in [0.5, 0.6) is 0 Å². The first kappa shape index (κ1) is 12.4. The zero-order valence-electron chi connectivity index (χ0n) is 9.45. The van der Waals surface area contributed by atoms with Crippen molar-refractivity contribution in [1.29, 1.82) is 0 Å². The average Bonchev–Trinajstić information content (AvgIpc) is 2.20. The highest BCUT2D eigenvalue weighted by molar-refractivity contribution is 5.75. The fourth-order valence-electron chi connectivity index (χ4n) is 1.82. The smallest absolute Gasteiger partial charge is 0.231 e. The van der Waals surface area contributed by atoms with Gasteiger partial charge in [0.15, 0.2) is 0 Å². The Morgan fingerprint density at radius 2 is 1.87 bits per heavy atom. The number of methoxy groups -OCH3 is 1. The van der Waals surface area contributed by atoms with E-state index in [-0.39, 0.29) is 5.91 Å². The van der Waals surface area contributed by atoms with E-state index in [1.807, 2.05) is 0 Å². The Kier molecular flexibility index (Phi) is 5.60. The lowest BCUT2D eigenvalue weighted by molar-refractivity contribution is -0.119. The fraction of sp³-hybridized carbons (Fsp3) is 0.900. The van der Waals surface area contributed by atoms with Gasteiger partial charge in [0.25, 0.3) is 0 Å². The summed E-state index contributed by atoms with van der Waals surface area (Å²) in [6.45, 7) is 6.23. The Balaban J connectivity index is 2.10. The molecule has 1 fully saturated rings. The summed E-state index contributed by atoms with van der Waals surface area (Å²) in [5.41, 5.74) is 5.15. The molecule has 0 aromatic carbocycles. The molecule has 1 heterocycles. The molecule has 5 nitrogen and oxygen atoms in total. The monoisotopic (exact) mass is 215 g/mol. The number of carbonyl (C=O) groups excluding carboxylic acids is 1. The van der Waals surface area contributed by atoms with Crippen LogP contribution in [0.2, 0.25) is 0 Å². The minimum absolute atomic E-state index is 0.233. The van der Waals surface area contributed by atoms with Crippen LogP contribution in [0.4, 0.5) is 0 Å². The van der Waals surface area contributed by atoms with E-state index >= 15 is 0 Å². The van der Waals surface area contributed by atoms with Crippen molar-refractivity contribution in [3.63, 3.8) is 0 Å². The Labute approximate surface area is 91.2 Å². The van der Waals surface area contributed by atoms with Crippen LogP contribution < -0.4 is 5.73 Å². The molecule has 1 aliphatic rings. The molecule has 1 saturated heterocycles. The summed E-state index contributed by atoms with van der Waals surface area (Å²) in [5, 5.41) is 0. The first-order chi connectivity index (χ1) is 7.22. The summed E-state index contributed by atoms with van der Waals surface area (Å²) in [6, 6.07) is 0. The second-order valence-corrected chi connectivity index (χ2v) is 3.93. The van der Waals surface area contributed by atoms with E-state index in [4.69, 9.17) is 10.5 Å². The number of ether oxygens (including phenoxy) is 1. The minimum Gasteiger partial charge on any atom is -0.385 e. The summed E-state index contributed by atoms with van der Waals surface area (Å²) in [6.07, 6.45) is 1.08. The van der Waals surface area contributed by atoms with Crippen molar-refractivity contribution in [2.24, 2.45) is 5.73 Å². The van der Waals surface area contributed by atoms with Gasteiger partial charge in [0.05, 0.1) is 6.54 Å². The average molecular weight is 215 g/mol. The fourth-order valence-corrected chi connectivity index (χ4v) is 1.82. The van der Waals surface area contributed by atoms with Gasteiger partial charge < -0.3 is 15.4 Å². The third-order valence-corrected chi connectivity index (χ3v) is 2.67. The molecule has 0 atom stereocenters. The van der Waals surface area contributed by atoms with Crippen molar-refractivity contribution in [3.8, 4) is 0 Å². The van der Waals surface area contributed by atoms with Gasteiger partial charge in [-0.25, -0.2) is 0 Å². The summed E-state index contributed by atoms with van der Waals surface area (Å²) >= 11 is 0. The van der Waals surface area contributed by atoms with Crippen LogP contribution in [0.25, 0.3) is 0 Å². The van der Waals surface area contributed by atoms with Gasteiger partial charge in [-0.1, -0.05) is 0 Å². The van der Waals surface area contributed by atoms with Crippen molar-refractivity contribution < 1.29 is 9.53 Å². The van der Waals surface area contributed by atoms with Gasteiger partial charge in [0, 0.05) is 46.4 Å². The summed E-state index contributed by atoms with van der Waals surface area (Å²) in [5.74, 6) is -0.233. The highest BCUT2D eigenvalue weighted by atomic mass is 16.5. The summed E-state index contributed by atoms with van der Waals surface area (Å²) in [4.78, 5) is 15.2. The lowest BCUT2D eigenvalue weighted by Crippen LogP contribution is -2.49. The molecule has 5 heteroatoms. The van der Waals surface area contributed by atoms with E-state index in [1.54, 1.807) is 7.11 Å². The van der Waals surface area contributed by atoms with Crippen molar-refractivity contribution in [2.75, 3.05) is 53.0 Å². The number of nitrogens with zero attached hydrogens (tertiary/aromatic N) is 2. The van der Waals surface area contributed by atoms with Gasteiger partial charge in [-0.3, -0.25) is 9.69 Å². The van der Waals surface area contributed by atoms with E-state index in [1.165, 1.54) is 0 Å². The van der Waals surface area contributed by atoms with Crippen molar-refractivity contribution in [3.05, 3.63) is 0 Å². The van der Waals surface area contributed by atoms with Gasteiger partial charge in [-0.05, 0) is 6.42 Å². The molecular weight excluding hydrogens is 194 g/mol. The second-order valence-electron chi connectivity index (χ2n) is 3.93. The largest absolute Gasteiger partial charge is 0.385 e. The van der Waals surface area contributed by atoms with E-state index in [0.717, 1.165) is 45.8 Å². The van der Waals surface area contributed by atoms with Gasteiger partial charge >= 0.3 is 0 Å². The van der Waals surface area contributed by atoms with Gasteiger partial charge in [-0.2, -0.15) is 0 Å². The Hall–Kier alpha value is -0.650. The maximum atomic E-state index is 10.7. The SMILES string of the molecule is COCCCN1CCN(CC(N)=O)CC1. The molecular formula is C10H21N3O2. The molecule has 1 amide bonds. The maximum absolute atomic E-state index is 10.7. The molecule has 0 aromatic heterocycles. The minimum atomic E-state index is -0.233. The van der Waals surface area contributed by atoms with Crippen molar-refractivity contribution in [2.45, 2.75) is 6.42 Å². The number of nitrogens with two attached hydrogens (primary N) is 1. The number of amides is 1. The van der Waals surface area contributed by atoms with Gasteiger partial charge in [-0.15, -0.1) is 0 Å². The highest BCUT2D eigenvalue weighted by Gasteiger charge is 2.17. The molecule has 0 unspecified atom stereocenters. The predicted octanol–water partition coefficient (Wildman–Crippen LogP) is -0.874. The first-order valence-corrected chi connectivity index (χ1v) is 5.44. The molecule has 0 spiro atoms. The molecule has 88 valence electrons. The molecule has 0 saturated carbocycles. The number of rotatable bonds is 6. The molecule has 1 rings (SSSR count). The maximum Gasteiger partial charge on any atom is 0.231 e.